The van der Waals surface area contributed by atoms with E-state index < -0.39 is 0 Å². The first-order valence-corrected chi connectivity index (χ1v) is 26.5. The number of hydrogen-bond acceptors (Lipinski definition) is 3. The molecule has 9 rings (SSSR count). The highest BCUT2D eigenvalue weighted by molar-refractivity contribution is 7.33. The van der Waals surface area contributed by atoms with E-state index in [1.807, 2.05) is 0 Å². The first-order chi connectivity index (χ1) is 31.0. The second-order valence-electron chi connectivity index (χ2n) is 21.2. The van der Waals surface area contributed by atoms with E-state index in [0.29, 0.717) is 0 Å². The van der Waals surface area contributed by atoms with Crippen molar-refractivity contribution in [2.75, 3.05) is 9.80 Å². The van der Waals surface area contributed by atoms with Crippen LogP contribution >= 0.6 is 11.3 Å². The maximum absolute atomic E-state index is 2.77. The standard InChI is InChI=1S/C60H75BN2S/c1-10-15-20-41-26-30-55-48(36-41)57-58(64-55)61-51-29-25-42(21-16-11-2)37-52(51)62(47-34-43(22-17-12-3)33-44(35-47)23-18-13-4)53-38-45(24-19-14-5)39-54(56(53)61)63(57)46-27-28-49-50(40-46)60(8,9)32-31-59(49,6)7/h25-30,33-40H,10-24,31-32H2,1-9H3. The lowest BCUT2D eigenvalue weighted by atomic mass is 9.36. The fourth-order valence-corrected chi connectivity index (χ4v) is 12.7. The highest BCUT2D eigenvalue weighted by Crippen LogP contribution is 2.52. The molecule has 0 fully saturated rings. The molecule has 0 radical (unpaired) electrons. The van der Waals surface area contributed by atoms with E-state index in [4.69, 9.17) is 0 Å². The Balaban J connectivity index is 1.37. The summed E-state index contributed by atoms with van der Waals surface area (Å²) in [5.74, 6) is 0. The molecule has 64 heavy (non-hydrogen) atoms. The smallest absolute Gasteiger partial charge is 0.264 e. The Morgan fingerprint density at radius 2 is 1.00 bits per heavy atom. The summed E-state index contributed by atoms with van der Waals surface area (Å²) in [5.41, 5.74) is 21.8. The van der Waals surface area contributed by atoms with Gasteiger partial charge in [0.2, 0.25) is 0 Å². The van der Waals surface area contributed by atoms with Crippen molar-refractivity contribution in [2.45, 2.75) is 182 Å². The molecule has 334 valence electrons. The number of rotatable bonds is 17. The highest BCUT2D eigenvalue weighted by Gasteiger charge is 2.46. The molecule has 0 spiro atoms. The zero-order valence-corrected chi connectivity index (χ0v) is 41.8. The highest BCUT2D eigenvalue weighted by atomic mass is 32.1. The first-order valence-electron chi connectivity index (χ1n) is 25.7. The SMILES string of the molecule is CCCCc1cc(CCCC)cc(N2c3cc(CCCC)ccc3B3c4sc5ccc(CCCC)cc5c4N(c4ccc5c(c4)C(C)(C)CCC5(C)C)c4cc(CCCC)cc2c43)c1. The zero-order valence-electron chi connectivity index (χ0n) is 41.0. The Bertz CT molecular complexity index is 2620. The van der Waals surface area contributed by atoms with Gasteiger partial charge in [-0.25, -0.2) is 0 Å². The Hall–Kier alpha value is -4.28. The first kappa shape index (κ1) is 44.9. The summed E-state index contributed by atoms with van der Waals surface area (Å²) in [6, 6.07) is 35.7. The van der Waals surface area contributed by atoms with Crippen molar-refractivity contribution in [3.05, 3.63) is 124 Å². The van der Waals surface area contributed by atoms with Gasteiger partial charge in [0, 0.05) is 43.3 Å². The third-order valence-corrected chi connectivity index (χ3v) is 16.6. The van der Waals surface area contributed by atoms with Gasteiger partial charge in [-0.2, -0.15) is 0 Å². The number of anilines is 6. The Labute approximate surface area is 392 Å². The molecule has 0 N–H and O–H groups in total. The van der Waals surface area contributed by atoms with Crippen molar-refractivity contribution in [3.8, 4) is 0 Å². The van der Waals surface area contributed by atoms with Crippen LogP contribution in [0.3, 0.4) is 0 Å². The summed E-state index contributed by atoms with van der Waals surface area (Å²) in [6.07, 6.45) is 20.1. The minimum Gasteiger partial charge on any atom is -0.311 e. The van der Waals surface area contributed by atoms with Crippen molar-refractivity contribution in [1.29, 1.82) is 0 Å². The molecule has 6 aromatic rings. The predicted octanol–water partition coefficient (Wildman–Crippen LogP) is 16.0. The largest absolute Gasteiger partial charge is 0.311 e. The van der Waals surface area contributed by atoms with Gasteiger partial charge in [-0.15, -0.1) is 11.3 Å². The number of unbranched alkanes of at least 4 members (excludes halogenated alkanes) is 5. The van der Waals surface area contributed by atoms with Gasteiger partial charge in [-0.05, 0) is 192 Å². The molecule has 0 bridgehead atoms. The van der Waals surface area contributed by atoms with Crippen LogP contribution in [0, 0.1) is 0 Å². The fourth-order valence-electron chi connectivity index (χ4n) is 11.4. The lowest BCUT2D eigenvalue weighted by Crippen LogP contribution is -2.60. The normalized spacial score (nSPS) is 15.6. The van der Waals surface area contributed by atoms with Gasteiger partial charge in [0.15, 0.2) is 0 Å². The van der Waals surface area contributed by atoms with Crippen LogP contribution in [0.5, 0.6) is 0 Å². The van der Waals surface area contributed by atoms with Crippen molar-refractivity contribution in [1.82, 2.24) is 0 Å². The number of hydrogen-bond donors (Lipinski definition) is 0. The van der Waals surface area contributed by atoms with Crippen LogP contribution in [-0.2, 0) is 42.9 Å². The number of thiophene rings is 1. The average molecular weight is 867 g/mol. The second kappa shape index (κ2) is 18.5. The maximum atomic E-state index is 2.77. The molecule has 2 nitrogen and oxygen atoms in total. The lowest BCUT2D eigenvalue weighted by Gasteiger charge is -2.45. The van der Waals surface area contributed by atoms with Crippen molar-refractivity contribution in [2.24, 2.45) is 0 Å². The third kappa shape index (κ3) is 8.29. The Morgan fingerprint density at radius 3 is 1.61 bits per heavy atom. The number of aryl methyl sites for hydroxylation is 5. The monoisotopic (exact) mass is 867 g/mol. The molecule has 0 atom stereocenters. The molecule has 0 unspecified atom stereocenters. The van der Waals surface area contributed by atoms with Gasteiger partial charge < -0.3 is 9.80 Å². The van der Waals surface area contributed by atoms with E-state index in [1.54, 1.807) is 0 Å². The Kier molecular flexibility index (Phi) is 13.0. The molecular formula is C60H75BN2S. The molecule has 1 aromatic heterocycles. The van der Waals surface area contributed by atoms with Crippen molar-refractivity contribution < 1.29 is 0 Å². The molecule has 2 aliphatic heterocycles. The van der Waals surface area contributed by atoms with E-state index in [9.17, 15) is 0 Å². The van der Waals surface area contributed by atoms with Gasteiger partial charge in [-0.1, -0.05) is 125 Å². The molecule has 0 saturated heterocycles. The average Bonchev–Trinajstić information content (AvgIpc) is 3.67. The lowest BCUT2D eigenvalue weighted by molar-refractivity contribution is 0.332. The Morgan fingerprint density at radius 1 is 0.484 bits per heavy atom. The molecule has 1 aliphatic carbocycles. The van der Waals surface area contributed by atoms with E-state index in [1.165, 1.54) is 176 Å². The van der Waals surface area contributed by atoms with Crippen molar-refractivity contribution in [3.63, 3.8) is 0 Å². The van der Waals surface area contributed by atoms with Gasteiger partial charge in [0.25, 0.3) is 6.71 Å². The maximum Gasteiger partial charge on any atom is 0.264 e. The van der Waals surface area contributed by atoms with E-state index in [2.05, 4.69) is 168 Å². The molecule has 3 aliphatic rings. The number of benzene rings is 5. The molecule has 3 heterocycles. The van der Waals surface area contributed by atoms with Gasteiger partial charge >= 0.3 is 0 Å². The van der Waals surface area contributed by atoms with Crippen LogP contribution in [0.25, 0.3) is 10.1 Å². The fraction of sp³-hybridized carbons (Fsp3) is 0.467. The van der Waals surface area contributed by atoms with Gasteiger partial charge in [0.1, 0.15) is 0 Å². The topological polar surface area (TPSA) is 6.48 Å². The van der Waals surface area contributed by atoms with Crippen LogP contribution in [0.4, 0.5) is 34.1 Å². The summed E-state index contributed by atoms with van der Waals surface area (Å²) in [5, 5.41) is 1.42. The minimum atomic E-state index is 0.109. The van der Waals surface area contributed by atoms with E-state index >= 15 is 0 Å². The summed E-state index contributed by atoms with van der Waals surface area (Å²) in [4.78, 5) is 5.52. The number of nitrogens with zero attached hydrogens (tertiary/aromatic N) is 2. The predicted molar refractivity (Wildman–Crippen MR) is 284 cm³/mol. The molecule has 5 aromatic carbocycles. The second-order valence-corrected chi connectivity index (χ2v) is 22.3. The molecule has 0 amide bonds. The van der Waals surface area contributed by atoms with Crippen LogP contribution in [0.1, 0.15) is 178 Å². The minimum absolute atomic E-state index is 0.109. The van der Waals surface area contributed by atoms with Crippen LogP contribution in [0.2, 0.25) is 0 Å². The zero-order chi connectivity index (χ0) is 44.8. The van der Waals surface area contributed by atoms with Gasteiger partial charge in [-0.3, -0.25) is 0 Å². The van der Waals surface area contributed by atoms with Gasteiger partial charge in [0.05, 0.1) is 5.69 Å². The van der Waals surface area contributed by atoms with Crippen LogP contribution in [-0.4, -0.2) is 6.71 Å². The third-order valence-electron chi connectivity index (χ3n) is 15.3. The van der Waals surface area contributed by atoms with E-state index in [0.717, 1.165) is 32.1 Å². The quantitative estimate of drug-likeness (QED) is 0.0842. The summed E-state index contributed by atoms with van der Waals surface area (Å²) in [6.45, 7) is 21.7. The van der Waals surface area contributed by atoms with Crippen molar-refractivity contribution >= 4 is 78.0 Å². The number of fused-ring (bicyclic) bond motifs is 7. The van der Waals surface area contributed by atoms with Crippen LogP contribution < -0.4 is 25.5 Å². The molecule has 4 heteroatoms. The molecular weight excluding hydrogens is 792 g/mol. The van der Waals surface area contributed by atoms with Crippen LogP contribution in [0.15, 0.2) is 84.9 Å². The summed E-state index contributed by atoms with van der Waals surface area (Å²) in [7, 11) is 0. The summed E-state index contributed by atoms with van der Waals surface area (Å²) < 4.78 is 2.90. The molecule has 0 saturated carbocycles. The van der Waals surface area contributed by atoms with E-state index in [-0.39, 0.29) is 17.5 Å². The summed E-state index contributed by atoms with van der Waals surface area (Å²) >= 11 is 2.06.